The van der Waals surface area contributed by atoms with Gasteiger partial charge >= 0.3 is 0 Å². The molecule has 0 spiro atoms. The number of nitrogens with one attached hydrogen (secondary N) is 1. The largest absolute Gasteiger partial charge is 0.350 e. The van der Waals surface area contributed by atoms with Crippen LogP contribution < -0.4 is 5.32 Å². The monoisotopic (exact) mass is 401 g/mol. The Bertz CT molecular complexity index is 1140. The van der Waals surface area contributed by atoms with Crippen LogP contribution in [-0.2, 0) is 17.9 Å². The number of amides is 2. The van der Waals surface area contributed by atoms with E-state index in [1.807, 2.05) is 36.4 Å². The van der Waals surface area contributed by atoms with E-state index >= 15 is 0 Å². The number of fused-ring (bicyclic) bond motifs is 1. The molecule has 1 aromatic heterocycles. The third kappa shape index (κ3) is 3.14. The standard InChI is InChI=1S/C24H20FN3O2/c25-19-8-4-7-17(13-19)20-10-9-18-15-28(22(29)21(18)27-20)24(11-12-24)23(30)26-14-16-5-2-1-3-6-16/h1-10,13H,11-12,14-15H2,(H,26,30). The van der Waals surface area contributed by atoms with E-state index in [4.69, 9.17) is 0 Å². The molecule has 2 aromatic carbocycles. The smallest absolute Gasteiger partial charge is 0.274 e. The van der Waals surface area contributed by atoms with Gasteiger partial charge in [0.25, 0.3) is 5.91 Å². The SMILES string of the molecule is O=C1c2nc(-c3cccc(F)c3)ccc2CN1C1(C(=O)NCc2ccccc2)CC1. The van der Waals surface area contributed by atoms with Crippen molar-refractivity contribution in [3.05, 3.63) is 89.4 Å². The Kier molecular flexibility index (Phi) is 4.35. The molecule has 5 rings (SSSR count). The van der Waals surface area contributed by atoms with E-state index in [0.29, 0.717) is 42.9 Å². The summed E-state index contributed by atoms with van der Waals surface area (Å²) in [6.07, 6.45) is 1.29. The summed E-state index contributed by atoms with van der Waals surface area (Å²) in [6, 6.07) is 19.5. The van der Waals surface area contributed by atoms with Crippen LogP contribution in [0.1, 0.15) is 34.5 Å². The molecule has 2 heterocycles. The van der Waals surface area contributed by atoms with E-state index in [-0.39, 0.29) is 17.6 Å². The minimum Gasteiger partial charge on any atom is -0.350 e. The molecule has 1 N–H and O–H groups in total. The summed E-state index contributed by atoms with van der Waals surface area (Å²) in [6.45, 7) is 0.793. The lowest BCUT2D eigenvalue weighted by Gasteiger charge is -2.26. The Morgan fingerprint density at radius 1 is 1.07 bits per heavy atom. The summed E-state index contributed by atoms with van der Waals surface area (Å²) in [4.78, 5) is 32.2. The van der Waals surface area contributed by atoms with Gasteiger partial charge in [0.15, 0.2) is 0 Å². The van der Waals surface area contributed by atoms with Gasteiger partial charge in [-0.2, -0.15) is 0 Å². The molecular weight excluding hydrogens is 381 g/mol. The second kappa shape index (κ2) is 7.06. The van der Waals surface area contributed by atoms with Crippen molar-refractivity contribution >= 4 is 11.8 Å². The van der Waals surface area contributed by atoms with Crippen molar-refractivity contribution in [3.8, 4) is 11.3 Å². The molecule has 0 unspecified atom stereocenters. The van der Waals surface area contributed by atoms with Crippen LogP contribution in [0.4, 0.5) is 4.39 Å². The maximum Gasteiger partial charge on any atom is 0.274 e. The van der Waals surface area contributed by atoms with Gasteiger partial charge in [-0.1, -0.05) is 48.5 Å². The van der Waals surface area contributed by atoms with E-state index in [1.165, 1.54) is 12.1 Å². The second-order valence-corrected chi connectivity index (χ2v) is 7.81. The summed E-state index contributed by atoms with van der Waals surface area (Å²) in [5.74, 6) is -0.719. The third-order valence-electron chi connectivity index (χ3n) is 5.83. The normalized spacial score (nSPS) is 16.3. The van der Waals surface area contributed by atoms with Crippen LogP contribution >= 0.6 is 0 Å². The Balaban J connectivity index is 1.35. The first-order valence-corrected chi connectivity index (χ1v) is 9.97. The predicted molar refractivity (Wildman–Crippen MR) is 110 cm³/mol. The summed E-state index contributed by atoms with van der Waals surface area (Å²) in [5.41, 5.74) is 2.51. The first-order chi connectivity index (χ1) is 14.6. The lowest BCUT2D eigenvalue weighted by Crippen LogP contribution is -2.49. The number of carbonyl (C=O) groups excluding carboxylic acids is 2. The molecule has 6 heteroatoms. The fourth-order valence-electron chi connectivity index (χ4n) is 4.01. The van der Waals surface area contributed by atoms with Crippen LogP contribution in [-0.4, -0.2) is 27.2 Å². The molecule has 2 amide bonds. The Hall–Kier alpha value is -3.54. The van der Waals surface area contributed by atoms with Crippen molar-refractivity contribution < 1.29 is 14.0 Å². The summed E-state index contributed by atoms with van der Waals surface area (Å²) in [7, 11) is 0. The zero-order valence-electron chi connectivity index (χ0n) is 16.3. The summed E-state index contributed by atoms with van der Waals surface area (Å²) < 4.78 is 13.6. The fourth-order valence-corrected chi connectivity index (χ4v) is 4.01. The highest BCUT2D eigenvalue weighted by atomic mass is 19.1. The zero-order chi connectivity index (χ0) is 20.7. The molecular formula is C24H20FN3O2. The average Bonchev–Trinajstić information content (AvgIpc) is 3.51. The number of halogens is 1. The van der Waals surface area contributed by atoms with Crippen LogP contribution in [0, 0.1) is 5.82 Å². The predicted octanol–water partition coefficient (Wildman–Crippen LogP) is 3.69. The highest BCUT2D eigenvalue weighted by Gasteiger charge is 2.58. The maximum atomic E-state index is 13.6. The molecule has 1 fully saturated rings. The summed E-state index contributed by atoms with van der Waals surface area (Å²) in [5, 5.41) is 2.97. The Labute approximate surface area is 173 Å². The van der Waals surface area contributed by atoms with Crippen LogP contribution in [0.5, 0.6) is 0 Å². The van der Waals surface area contributed by atoms with Crippen LogP contribution in [0.2, 0.25) is 0 Å². The molecule has 3 aromatic rings. The molecule has 150 valence electrons. The van der Waals surface area contributed by atoms with Crippen LogP contribution in [0.25, 0.3) is 11.3 Å². The topological polar surface area (TPSA) is 62.3 Å². The first-order valence-electron chi connectivity index (χ1n) is 9.97. The van der Waals surface area contributed by atoms with Gasteiger partial charge in [-0.3, -0.25) is 9.59 Å². The molecule has 0 atom stereocenters. The van der Waals surface area contributed by atoms with Crippen molar-refractivity contribution in [2.75, 3.05) is 0 Å². The van der Waals surface area contributed by atoms with Gasteiger partial charge in [0.05, 0.1) is 5.69 Å². The summed E-state index contributed by atoms with van der Waals surface area (Å²) >= 11 is 0. The minimum absolute atomic E-state index is 0.127. The quantitative estimate of drug-likeness (QED) is 0.709. The zero-order valence-corrected chi connectivity index (χ0v) is 16.3. The molecule has 0 radical (unpaired) electrons. The van der Waals surface area contributed by atoms with E-state index in [9.17, 15) is 14.0 Å². The molecule has 5 nitrogen and oxygen atoms in total. The van der Waals surface area contributed by atoms with E-state index in [0.717, 1.165) is 11.1 Å². The van der Waals surface area contributed by atoms with E-state index < -0.39 is 5.54 Å². The Morgan fingerprint density at radius 2 is 1.87 bits per heavy atom. The molecule has 1 saturated carbocycles. The van der Waals surface area contributed by atoms with Crippen LogP contribution in [0.15, 0.2) is 66.7 Å². The fraction of sp³-hybridized carbons (Fsp3) is 0.208. The molecule has 1 aliphatic carbocycles. The van der Waals surface area contributed by atoms with Crippen molar-refractivity contribution in [3.63, 3.8) is 0 Å². The van der Waals surface area contributed by atoms with Gasteiger partial charge in [-0.25, -0.2) is 9.37 Å². The number of rotatable bonds is 5. The van der Waals surface area contributed by atoms with Gasteiger partial charge in [-0.15, -0.1) is 0 Å². The van der Waals surface area contributed by atoms with Crippen molar-refractivity contribution in [2.45, 2.75) is 31.5 Å². The lowest BCUT2D eigenvalue weighted by molar-refractivity contribution is -0.127. The number of nitrogens with zero attached hydrogens (tertiary/aromatic N) is 2. The van der Waals surface area contributed by atoms with E-state index in [2.05, 4.69) is 10.3 Å². The van der Waals surface area contributed by atoms with Gasteiger partial charge in [0.1, 0.15) is 17.1 Å². The number of pyridine rings is 1. The number of carbonyl (C=O) groups is 2. The molecule has 1 aliphatic heterocycles. The van der Waals surface area contributed by atoms with Gasteiger partial charge in [0.2, 0.25) is 5.91 Å². The first kappa shape index (κ1) is 18.5. The lowest BCUT2D eigenvalue weighted by atomic mass is 10.1. The van der Waals surface area contributed by atoms with Crippen LogP contribution in [0.3, 0.4) is 0 Å². The maximum absolute atomic E-state index is 13.6. The molecule has 0 bridgehead atoms. The molecule has 30 heavy (non-hydrogen) atoms. The highest BCUT2D eigenvalue weighted by molar-refractivity contribution is 6.02. The second-order valence-electron chi connectivity index (χ2n) is 7.81. The van der Waals surface area contributed by atoms with E-state index in [1.54, 1.807) is 23.1 Å². The third-order valence-corrected chi connectivity index (χ3v) is 5.83. The number of benzene rings is 2. The molecule has 2 aliphatic rings. The highest BCUT2D eigenvalue weighted by Crippen LogP contribution is 2.46. The number of aromatic nitrogens is 1. The van der Waals surface area contributed by atoms with Crippen molar-refractivity contribution in [2.24, 2.45) is 0 Å². The number of hydrogen-bond acceptors (Lipinski definition) is 3. The average molecular weight is 401 g/mol. The Morgan fingerprint density at radius 3 is 2.60 bits per heavy atom. The van der Waals surface area contributed by atoms with Gasteiger partial charge < -0.3 is 10.2 Å². The van der Waals surface area contributed by atoms with Gasteiger partial charge in [0, 0.05) is 24.2 Å². The van der Waals surface area contributed by atoms with Crippen molar-refractivity contribution in [1.29, 1.82) is 0 Å². The molecule has 0 saturated heterocycles. The minimum atomic E-state index is -0.800. The van der Waals surface area contributed by atoms with Gasteiger partial charge in [-0.05, 0) is 36.6 Å². The van der Waals surface area contributed by atoms with Crippen molar-refractivity contribution in [1.82, 2.24) is 15.2 Å². The number of hydrogen-bond donors (Lipinski definition) is 1.